The summed E-state index contributed by atoms with van der Waals surface area (Å²) in [7, 11) is -3.84. The molecule has 0 radical (unpaired) electrons. The number of hydrogen-bond donors (Lipinski definition) is 1. The lowest BCUT2D eigenvalue weighted by atomic mass is 10.1. The molecule has 1 aliphatic rings. The van der Waals surface area contributed by atoms with Crippen molar-refractivity contribution >= 4 is 27.3 Å². The third-order valence-corrected chi connectivity index (χ3v) is 5.92. The first kappa shape index (κ1) is 16.1. The van der Waals surface area contributed by atoms with Gasteiger partial charge in [0.15, 0.2) is 0 Å². The smallest absolute Gasteiger partial charge is 0.261 e. The van der Waals surface area contributed by atoms with Crippen LogP contribution in [0.2, 0.25) is 5.02 Å². The highest BCUT2D eigenvalue weighted by Crippen LogP contribution is 2.37. The lowest BCUT2D eigenvalue weighted by molar-refractivity contribution is 0.599. The number of rotatable bonds is 3. The standard InChI is InChI=1S/C19H13ClFNO2S/c20-18-11-15(6-8-19(18)21)25(23,24)22-14-5-7-17-13(10-14)9-12-3-1-2-4-16(12)17/h1-8,10-11,22H,9H2. The Kier molecular flexibility index (Phi) is 3.78. The van der Waals surface area contributed by atoms with Crippen molar-refractivity contribution in [3.8, 4) is 11.1 Å². The van der Waals surface area contributed by atoms with Crippen LogP contribution in [-0.2, 0) is 16.4 Å². The molecule has 0 saturated carbocycles. The second-order valence-electron chi connectivity index (χ2n) is 5.89. The van der Waals surface area contributed by atoms with Crippen molar-refractivity contribution in [1.29, 1.82) is 0 Å². The number of hydrogen-bond acceptors (Lipinski definition) is 2. The third-order valence-electron chi connectivity index (χ3n) is 4.25. The van der Waals surface area contributed by atoms with Crippen molar-refractivity contribution < 1.29 is 12.8 Å². The first-order chi connectivity index (χ1) is 11.9. The van der Waals surface area contributed by atoms with Gasteiger partial charge >= 0.3 is 0 Å². The van der Waals surface area contributed by atoms with Crippen molar-refractivity contribution in [2.24, 2.45) is 0 Å². The van der Waals surface area contributed by atoms with Crippen LogP contribution in [0, 0.1) is 5.82 Å². The average Bonchev–Trinajstić information content (AvgIpc) is 2.94. The van der Waals surface area contributed by atoms with Gasteiger partial charge in [-0.25, -0.2) is 12.8 Å². The molecule has 0 aliphatic heterocycles. The normalized spacial score (nSPS) is 12.6. The molecule has 6 heteroatoms. The predicted octanol–water partition coefficient (Wildman–Crippen LogP) is 4.85. The summed E-state index contributed by atoms with van der Waals surface area (Å²) in [6.07, 6.45) is 0.767. The first-order valence-corrected chi connectivity index (χ1v) is 9.49. The van der Waals surface area contributed by atoms with Crippen LogP contribution >= 0.6 is 11.6 Å². The summed E-state index contributed by atoms with van der Waals surface area (Å²) in [4.78, 5) is -0.0808. The monoisotopic (exact) mass is 373 g/mol. The van der Waals surface area contributed by atoms with E-state index in [4.69, 9.17) is 11.6 Å². The van der Waals surface area contributed by atoms with E-state index in [1.807, 2.05) is 24.3 Å². The summed E-state index contributed by atoms with van der Waals surface area (Å²) in [5, 5.41) is -0.229. The molecule has 1 N–H and O–H groups in total. The second-order valence-corrected chi connectivity index (χ2v) is 7.98. The van der Waals surface area contributed by atoms with E-state index in [0.29, 0.717) is 5.69 Å². The fraction of sp³-hybridized carbons (Fsp3) is 0.0526. The first-order valence-electron chi connectivity index (χ1n) is 7.63. The van der Waals surface area contributed by atoms with E-state index in [9.17, 15) is 12.8 Å². The third kappa shape index (κ3) is 2.90. The number of anilines is 1. The summed E-state index contributed by atoms with van der Waals surface area (Å²) in [6.45, 7) is 0. The molecule has 3 nitrogen and oxygen atoms in total. The maximum absolute atomic E-state index is 13.2. The van der Waals surface area contributed by atoms with Crippen molar-refractivity contribution in [2.45, 2.75) is 11.3 Å². The maximum atomic E-state index is 13.2. The van der Waals surface area contributed by atoms with Gasteiger partial charge < -0.3 is 0 Å². The molecule has 0 atom stereocenters. The van der Waals surface area contributed by atoms with Gasteiger partial charge in [-0.05, 0) is 59.0 Å². The fourth-order valence-corrected chi connectivity index (χ4v) is 4.39. The molecule has 0 aromatic heterocycles. The molecule has 3 aromatic rings. The minimum atomic E-state index is -3.84. The van der Waals surface area contributed by atoms with Gasteiger partial charge in [-0.1, -0.05) is 41.9 Å². The van der Waals surface area contributed by atoms with E-state index in [-0.39, 0.29) is 9.92 Å². The summed E-state index contributed by atoms with van der Waals surface area (Å²) in [6, 6.07) is 16.9. The zero-order valence-corrected chi connectivity index (χ0v) is 14.5. The van der Waals surface area contributed by atoms with Gasteiger partial charge in [0.25, 0.3) is 10.0 Å². The number of benzene rings is 3. The quantitative estimate of drug-likeness (QED) is 0.558. The van der Waals surface area contributed by atoms with Crippen LogP contribution in [0.15, 0.2) is 65.6 Å². The lowest BCUT2D eigenvalue weighted by Crippen LogP contribution is -2.13. The van der Waals surface area contributed by atoms with E-state index in [0.717, 1.165) is 29.7 Å². The van der Waals surface area contributed by atoms with E-state index in [1.165, 1.54) is 17.2 Å². The zero-order chi connectivity index (χ0) is 17.6. The molecule has 126 valence electrons. The Balaban J connectivity index is 1.66. The van der Waals surface area contributed by atoms with Crippen LogP contribution in [0.25, 0.3) is 11.1 Å². The van der Waals surface area contributed by atoms with E-state index >= 15 is 0 Å². The molecular formula is C19H13ClFNO2S. The van der Waals surface area contributed by atoms with Crippen LogP contribution in [0.1, 0.15) is 11.1 Å². The topological polar surface area (TPSA) is 46.2 Å². The number of halogens is 2. The van der Waals surface area contributed by atoms with Crippen LogP contribution in [0.5, 0.6) is 0 Å². The predicted molar refractivity (Wildman–Crippen MR) is 96.9 cm³/mol. The summed E-state index contributed by atoms with van der Waals surface area (Å²) in [5.74, 6) is -0.657. The van der Waals surface area contributed by atoms with Gasteiger partial charge in [-0.3, -0.25) is 4.72 Å². The van der Waals surface area contributed by atoms with Gasteiger partial charge in [0.05, 0.1) is 9.92 Å². The molecular weight excluding hydrogens is 361 g/mol. The van der Waals surface area contributed by atoms with Crippen molar-refractivity contribution in [3.05, 3.63) is 82.6 Å². The van der Waals surface area contributed by atoms with E-state index in [1.54, 1.807) is 6.07 Å². The average molecular weight is 374 g/mol. The van der Waals surface area contributed by atoms with Crippen LogP contribution < -0.4 is 4.72 Å². The van der Waals surface area contributed by atoms with Crippen LogP contribution in [-0.4, -0.2) is 8.42 Å². The molecule has 25 heavy (non-hydrogen) atoms. The molecule has 0 heterocycles. The highest BCUT2D eigenvalue weighted by atomic mass is 35.5. The van der Waals surface area contributed by atoms with E-state index < -0.39 is 15.8 Å². The number of fused-ring (bicyclic) bond motifs is 3. The Labute approximate surface area is 150 Å². The van der Waals surface area contributed by atoms with Gasteiger partial charge in [0.2, 0.25) is 0 Å². The van der Waals surface area contributed by atoms with Gasteiger partial charge in [0, 0.05) is 5.69 Å². The van der Waals surface area contributed by atoms with Crippen molar-refractivity contribution in [2.75, 3.05) is 4.72 Å². The SMILES string of the molecule is O=S(=O)(Nc1ccc2c(c1)Cc1ccccc1-2)c1ccc(F)c(Cl)c1. The zero-order valence-electron chi connectivity index (χ0n) is 13.0. The molecule has 0 saturated heterocycles. The molecule has 0 unspecified atom stereocenters. The van der Waals surface area contributed by atoms with Crippen molar-refractivity contribution in [3.63, 3.8) is 0 Å². The molecule has 4 rings (SSSR count). The van der Waals surface area contributed by atoms with Gasteiger partial charge in [0.1, 0.15) is 5.82 Å². The molecule has 3 aromatic carbocycles. The Morgan fingerprint density at radius 3 is 2.48 bits per heavy atom. The number of sulfonamides is 1. The molecule has 1 aliphatic carbocycles. The largest absolute Gasteiger partial charge is 0.280 e. The Bertz CT molecular complexity index is 1100. The van der Waals surface area contributed by atoms with Crippen LogP contribution in [0.4, 0.5) is 10.1 Å². The summed E-state index contributed by atoms with van der Waals surface area (Å²) in [5.41, 5.74) is 5.05. The molecule has 0 fully saturated rings. The Morgan fingerprint density at radius 1 is 0.920 bits per heavy atom. The van der Waals surface area contributed by atoms with Gasteiger partial charge in [-0.15, -0.1) is 0 Å². The molecule has 0 bridgehead atoms. The minimum Gasteiger partial charge on any atom is -0.280 e. The summed E-state index contributed by atoms with van der Waals surface area (Å²) < 4.78 is 40.8. The van der Waals surface area contributed by atoms with Crippen molar-refractivity contribution in [1.82, 2.24) is 0 Å². The highest BCUT2D eigenvalue weighted by Gasteiger charge is 2.20. The van der Waals surface area contributed by atoms with Crippen LogP contribution in [0.3, 0.4) is 0 Å². The summed E-state index contributed by atoms with van der Waals surface area (Å²) >= 11 is 5.68. The molecule has 0 spiro atoms. The van der Waals surface area contributed by atoms with Gasteiger partial charge in [-0.2, -0.15) is 0 Å². The highest BCUT2D eigenvalue weighted by molar-refractivity contribution is 7.92. The molecule has 0 amide bonds. The minimum absolute atomic E-state index is 0.0808. The Hall–Kier alpha value is -2.37. The van der Waals surface area contributed by atoms with E-state index in [2.05, 4.69) is 16.9 Å². The number of nitrogens with one attached hydrogen (secondary N) is 1. The second kappa shape index (κ2) is 5.86. The fourth-order valence-electron chi connectivity index (χ4n) is 3.07. The lowest BCUT2D eigenvalue weighted by Gasteiger charge is -2.10. The maximum Gasteiger partial charge on any atom is 0.261 e. The Morgan fingerprint density at radius 2 is 1.68 bits per heavy atom.